The Morgan fingerprint density at radius 1 is 1.60 bits per heavy atom. The van der Waals surface area contributed by atoms with Gasteiger partial charge < -0.3 is 5.73 Å². The highest BCUT2D eigenvalue weighted by Crippen LogP contribution is 1.99. The van der Waals surface area contributed by atoms with Crippen LogP contribution in [0.4, 0.5) is 0 Å². The van der Waals surface area contributed by atoms with Crippen LogP contribution in [0.1, 0.15) is 11.4 Å². The summed E-state index contributed by atoms with van der Waals surface area (Å²) >= 11 is 0. The van der Waals surface area contributed by atoms with Crippen molar-refractivity contribution in [1.82, 2.24) is 9.78 Å². The lowest BCUT2D eigenvalue weighted by molar-refractivity contribution is -0.370. The van der Waals surface area contributed by atoms with Gasteiger partial charge in [0.1, 0.15) is 0 Å². The summed E-state index contributed by atoms with van der Waals surface area (Å²) in [5.74, 6) is 0. The largest absolute Gasteiger partial charge is 0.356 e. The Hall–Kier alpha value is -0.830. The average Bonchev–Trinajstić information content (AvgIpc) is 2.13. The Labute approximate surface area is 60.8 Å². The molecule has 3 nitrogen and oxygen atoms in total. The highest BCUT2D eigenvalue weighted by Gasteiger charge is 1.98. The highest BCUT2D eigenvalue weighted by molar-refractivity contribution is 5.06. The molecule has 0 aromatic carbocycles. The molecule has 0 aliphatic carbocycles. The Balaban J connectivity index is 2.81. The summed E-state index contributed by atoms with van der Waals surface area (Å²) in [7, 11) is 0. The molecule has 1 aromatic rings. The molecule has 56 valence electrons. The summed E-state index contributed by atoms with van der Waals surface area (Å²) in [6, 6.07) is 2.08. The molecule has 1 rings (SSSR count). The number of hydrogen-bond acceptors (Lipinski definition) is 1. The van der Waals surface area contributed by atoms with Crippen molar-refractivity contribution >= 4 is 0 Å². The van der Waals surface area contributed by atoms with E-state index < -0.39 is 0 Å². The molecule has 0 amide bonds. The third-order valence-corrected chi connectivity index (χ3v) is 1.47. The zero-order valence-corrected chi connectivity index (χ0v) is 6.59. The van der Waals surface area contributed by atoms with Crippen LogP contribution >= 0.6 is 0 Å². The van der Waals surface area contributed by atoms with Gasteiger partial charge in [-0.3, -0.25) is 4.68 Å². The fraction of sp³-hybridized carbons (Fsp3) is 0.571. The maximum atomic E-state index is 4.28. The van der Waals surface area contributed by atoms with Gasteiger partial charge in [-0.15, -0.1) is 0 Å². The number of nitrogens with zero attached hydrogens (tertiary/aromatic N) is 2. The van der Waals surface area contributed by atoms with Crippen molar-refractivity contribution in [2.75, 3.05) is 6.54 Å². The standard InChI is InChI=1S/C7H13N3/c1-6-5-7(2)10(9-6)4-3-8/h5H,3-4,8H2,1-2H3/p+1. The first-order chi connectivity index (χ1) is 4.74. The predicted molar refractivity (Wildman–Crippen MR) is 39.5 cm³/mol. The number of rotatable bonds is 2. The lowest BCUT2D eigenvalue weighted by atomic mass is 10.4. The van der Waals surface area contributed by atoms with Gasteiger partial charge in [0.05, 0.1) is 18.8 Å². The lowest BCUT2D eigenvalue weighted by Crippen LogP contribution is -2.52. The van der Waals surface area contributed by atoms with Crippen LogP contribution in [-0.4, -0.2) is 16.3 Å². The average molecular weight is 140 g/mol. The minimum absolute atomic E-state index is 0.905. The topological polar surface area (TPSA) is 45.5 Å². The van der Waals surface area contributed by atoms with Crippen molar-refractivity contribution in [2.45, 2.75) is 20.4 Å². The van der Waals surface area contributed by atoms with Crippen molar-refractivity contribution < 1.29 is 5.73 Å². The van der Waals surface area contributed by atoms with Crippen LogP contribution in [0.15, 0.2) is 6.07 Å². The molecular weight excluding hydrogens is 126 g/mol. The quantitative estimate of drug-likeness (QED) is 0.604. The number of aryl methyl sites for hydroxylation is 2. The summed E-state index contributed by atoms with van der Waals surface area (Å²) in [4.78, 5) is 0. The van der Waals surface area contributed by atoms with Crippen LogP contribution in [-0.2, 0) is 6.54 Å². The first kappa shape index (κ1) is 7.28. The summed E-state index contributed by atoms with van der Waals surface area (Å²) in [6.45, 7) is 5.91. The molecule has 1 aromatic heterocycles. The van der Waals surface area contributed by atoms with E-state index in [0.29, 0.717) is 0 Å². The summed E-state index contributed by atoms with van der Waals surface area (Å²) in [5, 5.41) is 4.28. The molecular formula is C7H14N3+. The van der Waals surface area contributed by atoms with Crippen molar-refractivity contribution in [3.63, 3.8) is 0 Å². The Kier molecular flexibility index (Phi) is 2.06. The van der Waals surface area contributed by atoms with Gasteiger partial charge in [0.15, 0.2) is 0 Å². The smallest absolute Gasteiger partial charge is 0.0939 e. The van der Waals surface area contributed by atoms with Crippen LogP contribution in [0, 0.1) is 13.8 Å². The minimum atomic E-state index is 0.905. The molecule has 0 bridgehead atoms. The Bertz CT molecular complexity index is 215. The molecule has 0 aliphatic heterocycles. The van der Waals surface area contributed by atoms with Gasteiger partial charge in [0.25, 0.3) is 0 Å². The van der Waals surface area contributed by atoms with E-state index in [1.54, 1.807) is 0 Å². The third kappa shape index (κ3) is 1.36. The van der Waals surface area contributed by atoms with E-state index in [-0.39, 0.29) is 0 Å². The zero-order valence-electron chi connectivity index (χ0n) is 6.59. The van der Waals surface area contributed by atoms with E-state index in [9.17, 15) is 0 Å². The molecule has 1 heterocycles. The van der Waals surface area contributed by atoms with Gasteiger partial charge in [0, 0.05) is 5.69 Å². The van der Waals surface area contributed by atoms with Gasteiger partial charge in [-0.1, -0.05) is 0 Å². The summed E-state index contributed by atoms with van der Waals surface area (Å²) < 4.78 is 1.99. The van der Waals surface area contributed by atoms with Crippen LogP contribution < -0.4 is 5.73 Å². The van der Waals surface area contributed by atoms with Crippen LogP contribution in [0.3, 0.4) is 0 Å². The van der Waals surface area contributed by atoms with Gasteiger partial charge in [-0.25, -0.2) is 0 Å². The maximum Gasteiger partial charge on any atom is 0.0939 e. The highest BCUT2D eigenvalue weighted by atomic mass is 15.3. The number of quaternary nitrogens is 1. The second-order valence-electron chi connectivity index (χ2n) is 2.50. The minimum Gasteiger partial charge on any atom is -0.356 e. The molecule has 3 heteroatoms. The first-order valence-corrected chi connectivity index (χ1v) is 3.54. The van der Waals surface area contributed by atoms with Crippen molar-refractivity contribution in [3.8, 4) is 0 Å². The molecule has 0 atom stereocenters. The van der Waals surface area contributed by atoms with E-state index in [1.165, 1.54) is 5.69 Å². The SMILES string of the molecule is Cc1cc(C)n(CC[NH3+])n1. The number of hydrogen-bond donors (Lipinski definition) is 1. The fourth-order valence-corrected chi connectivity index (χ4v) is 1.05. The zero-order chi connectivity index (χ0) is 7.56. The van der Waals surface area contributed by atoms with Crippen molar-refractivity contribution in [2.24, 2.45) is 0 Å². The molecule has 0 radical (unpaired) electrons. The van der Waals surface area contributed by atoms with Crippen molar-refractivity contribution in [1.29, 1.82) is 0 Å². The molecule has 0 spiro atoms. The van der Waals surface area contributed by atoms with Crippen LogP contribution in [0.2, 0.25) is 0 Å². The summed E-state index contributed by atoms with van der Waals surface area (Å²) in [5.41, 5.74) is 6.08. The fourth-order valence-electron chi connectivity index (χ4n) is 1.05. The van der Waals surface area contributed by atoms with Gasteiger partial charge in [-0.2, -0.15) is 5.10 Å². The lowest BCUT2D eigenvalue weighted by Gasteiger charge is -1.97. The van der Waals surface area contributed by atoms with E-state index in [2.05, 4.69) is 23.8 Å². The molecule has 0 fully saturated rings. The van der Waals surface area contributed by atoms with E-state index >= 15 is 0 Å². The summed E-state index contributed by atoms with van der Waals surface area (Å²) in [6.07, 6.45) is 0. The van der Waals surface area contributed by atoms with E-state index in [4.69, 9.17) is 0 Å². The van der Waals surface area contributed by atoms with E-state index in [1.807, 2.05) is 11.6 Å². The normalized spacial score (nSPS) is 10.3. The van der Waals surface area contributed by atoms with Crippen molar-refractivity contribution in [3.05, 3.63) is 17.5 Å². The van der Waals surface area contributed by atoms with Gasteiger partial charge >= 0.3 is 0 Å². The Morgan fingerprint density at radius 2 is 2.30 bits per heavy atom. The second kappa shape index (κ2) is 2.84. The first-order valence-electron chi connectivity index (χ1n) is 3.54. The molecule has 0 aliphatic rings. The molecule has 10 heavy (non-hydrogen) atoms. The van der Waals surface area contributed by atoms with Gasteiger partial charge in [0.2, 0.25) is 0 Å². The predicted octanol–water partition coefficient (Wildman–Crippen LogP) is -0.258. The third-order valence-electron chi connectivity index (χ3n) is 1.47. The molecule has 0 unspecified atom stereocenters. The maximum absolute atomic E-state index is 4.28. The van der Waals surface area contributed by atoms with E-state index in [0.717, 1.165) is 18.8 Å². The molecule has 3 N–H and O–H groups in total. The van der Waals surface area contributed by atoms with Crippen LogP contribution in [0.5, 0.6) is 0 Å². The second-order valence-corrected chi connectivity index (χ2v) is 2.50. The van der Waals surface area contributed by atoms with Gasteiger partial charge in [-0.05, 0) is 19.9 Å². The molecule has 0 saturated heterocycles. The monoisotopic (exact) mass is 140 g/mol. The number of aromatic nitrogens is 2. The Morgan fingerprint density at radius 3 is 2.70 bits per heavy atom. The molecule has 0 saturated carbocycles. The van der Waals surface area contributed by atoms with Crippen LogP contribution in [0.25, 0.3) is 0 Å².